The smallest absolute Gasteiger partial charge is 0.350 e. The Kier molecular flexibility index (Phi) is 11.4. The molecule has 27 heavy (non-hydrogen) atoms. The lowest BCUT2D eigenvalue weighted by Crippen LogP contribution is -2.45. The fraction of sp³-hybridized carbons (Fsp3) is 0.722. The number of rotatable bonds is 7. The fourth-order valence-electron chi connectivity index (χ4n) is 2.38. The monoisotopic (exact) mass is 512 g/mol. The minimum atomic E-state index is -0.323. The molecule has 0 bridgehead atoms. The van der Waals surface area contributed by atoms with Crippen LogP contribution in [-0.4, -0.2) is 50.3 Å². The van der Waals surface area contributed by atoms with Gasteiger partial charge in [-0.05, 0) is 26.2 Å². The van der Waals surface area contributed by atoms with Gasteiger partial charge in [-0.15, -0.1) is 35.3 Å². The maximum absolute atomic E-state index is 12.0. The summed E-state index contributed by atoms with van der Waals surface area (Å²) in [5, 5.41) is 7.41. The van der Waals surface area contributed by atoms with E-state index in [1.54, 1.807) is 21.1 Å². The Morgan fingerprint density at radius 3 is 2.48 bits per heavy atom. The Morgan fingerprint density at radius 2 is 2.00 bits per heavy atom. The highest BCUT2D eigenvalue weighted by Crippen LogP contribution is 2.24. The SMILES string of the molecule is CCOC(=O)c1sc(C(C)NC(=NC)NCC(OC)C(C)(C)C)nc1C.I. The summed E-state index contributed by atoms with van der Waals surface area (Å²) >= 11 is 1.35. The van der Waals surface area contributed by atoms with Crippen molar-refractivity contribution < 1.29 is 14.3 Å². The summed E-state index contributed by atoms with van der Waals surface area (Å²) in [5.41, 5.74) is 0.708. The summed E-state index contributed by atoms with van der Waals surface area (Å²) in [6, 6.07) is -0.0938. The molecule has 0 aliphatic rings. The van der Waals surface area contributed by atoms with Gasteiger partial charge in [-0.1, -0.05) is 20.8 Å². The number of aromatic nitrogens is 1. The van der Waals surface area contributed by atoms with E-state index in [1.807, 2.05) is 13.8 Å². The molecule has 0 saturated heterocycles. The molecule has 0 amide bonds. The van der Waals surface area contributed by atoms with Gasteiger partial charge in [-0.2, -0.15) is 0 Å². The lowest BCUT2D eigenvalue weighted by atomic mass is 9.89. The van der Waals surface area contributed by atoms with Gasteiger partial charge in [0.25, 0.3) is 0 Å². The second-order valence-electron chi connectivity index (χ2n) is 7.10. The molecule has 0 radical (unpaired) electrons. The summed E-state index contributed by atoms with van der Waals surface area (Å²) in [7, 11) is 3.43. The molecule has 0 fully saturated rings. The van der Waals surface area contributed by atoms with Crippen LogP contribution in [0.1, 0.15) is 61.0 Å². The number of carbonyl (C=O) groups is 1. The van der Waals surface area contributed by atoms with E-state index in [0.29, 0.717) is 29.7 Å². The van der Waals surface area contributed by atoms with E-state index in [1.165, 1.54) is 11.3 Å². The van der Waals surface area contributed by atoms with Crippen molar-refractivity contribution in [2.24, 2.45) is 10.4 Å². The van der Waals surface area contributed by atoms with Crippen molar-refractivity contribution in [2.45, 2.75) is 53.7 Å². The lowest BCUT2D eigenvalue weighted by molar-refractivity contribution is 0.0205. The third kappa shape index (κ3) is 7.90. The van der Waals surface area contributed by atoms with Crippen molar-refractivity contribution >= 4 is 47.2 Å². The molecule has 2 N–H and O–H groups in total. The van der Waals surface area contributed by atoms with Gasteiger partial charge in [-0.25, -0.2) is 9.78 Å². The molecule has 156 valence electrons. The zero-order chi connectivity index (χ0) is 19.9. The summed E-state index contributed by atoms with van der Waals surface area (Å²) in [6.45, 7) is 13.0. The standard InChI is InChI=1S/C18H32N4O3S.HI/c1-9-25-16(23)14-11(2)21-15(26-14)12(3)22-17(19-7)20-10-13(24-8)18(4,5)6;/h12-13H,9-10H2,1-8H3,(H2,19,20,22);1H. The van der Waals surface area contributed by atoms with Crippen molar-refractivity contribution in [3.63, 3.8) is 0 Å². The van der Waals surface area contributed by atoms with Gasteiger partial charge >= 0.3 is 5.97 Å². The molecule has 1 heterocycles. The number of guanidine groups is 1. The topological polar surface area (TPSA) is 84.8 Å². The molecule has 1 rings (SSSR count). The molecule has 2 unspecified atom stereocenters. The highest BCUT2D eigenvalue weighted by molar-refractivity contribution is 14.0. The molecule has 1 aromatic rings. The average molecular weight is 512 g/mol. The highest BCUT2D eigenvalue weighted by atomic mass is 127. The minimum absolute atomic E-state index is 0. The second kappa shape index (κ2) is 11.8. The third-order valence-electron chi connectivity index (χ3n) is 3.93. The Morgan fingerprint density at radius 1 is 1.37 bits per heavy atom. The number of halogens is 1. The zero-order valence-electron chi connectivity index (χ0n) is 17.5. The summed E-state index contributed by atoms with van der Waals surface area (Å²) in [4.78, 5) is 21.3. The van der Waals surface area contributed by atoms with Gasteiger partial charge in [0.2, 0.25) is 0 Å². The average Bonchev–Trinajstić information content (AvgIpc) is 2.95. The lowest BCUT2D eigenvalue weighted by Gasteiger charge is -2.30. The van der Waals surface area contributed by atoms with E-state index in [2.05, 4.69) is 41.4 Å². The van der Waals surface area contributed by atoms with E-state index in [4.69, 9.17) is 9.47 Å². The van der Waals surface area contributed by atoms with E-state index in [-0.39, 0.29) is 47.5 Å². The predicted molar refractivity (Wildman–Crippen MR) is 121 cm³/mol. The number of nitrogens with zero attached hydrogens (tertiary/aromatic N) is 2. The molecule has 0 saturated carbocycles. The first-order valence-electron chi connectivity index (χ1n) is 8.78. The number of hydrogen-bond donors (Lipinski definition) is 2. The number of aliphatic imine (C=N–C) groups is 1. The van der Waals surface area contributed by atoms with E-state index >= 15 is 0 Å². The van der Waals surface area contributed by atoms with Crippen LogP contribution in [0, 0.1) is 12.3 Å². The number of carbonyl (C=O) groups excluding carboxylic acids is 1. The van der Waals surface area contributed by atoms with Crippen LogP contribution < -0.4 is 10.6 Å². The predicted octanol–water partition coefficient (Wildman–Crippen LogP) is 3.53. The van der Waals surface area contributed by atoms with Crippen molar-refractivity contribution in [3.8, 4) is 0 Å². The largest absolute Gasteiger partial charge is 0.462 e. The molecule has 0 spiro atoms. The number of methoxy groups -OCH3 is 1. The van der Waals surface area contributed by atoms with Gasteiger partial charge in [0.1, 0.15) is 9.88 Å². The van der Waals surface area contributed by atoms with Crippen molar-refractivity contribution in [2.75, 3.05) is 27.3 Å². The Balaban J connectivity index is 0.00000676. The third-order valence-corrected chi connectivity index (χ3v) is 5.25. The number of esters is 1. The summed E-state index contributed by atoms with van der Waals surface area (Å²) in [6.07, 6.45) is 0.0499. The molecular weight excluding hydrogens is 479 g/mol. The van der Waals surface area contributed by atoms with Crippen molar-refractivity contribution in [1.29, 1.82) is 0 Å². The van der Waals surface area contributed by atoms with Crippen LogP contribution in [0.15, 0.2) is 4.99 Å². The maximum atomic E-state index is 12.0. The molecule has 2 atom stereocenters. The van der Waals surface area contributed by atoms with Crippen LogP contribution in [0.2, 0.25) is 0 Å². The molecule has 7 nitrogen and oxygen atoms in total. The van der Waals surface area contributed by atoms with Crippen LogP contribution in [0.4, 0.5) is 0 Å². The first kappa shape index (κ1) is 26.1. The molecule has 0 aliphatic heterocycles. The van der Waals surface area contributed by atoms with Gasteiger partial charge in [-0.3, -0.25) is 4.99 Å². The van der Waals surface area contributed by atoms with Gasteiger partial charge in [0, 0.05) is 20.7 Å². The minimum Gasteiger partial charge on any atom is -0.462 e. The maximum Gasteiger partial charge on any atom is 0.350 e. The molecule has 0 aliphatic carbocycles. The molecular formula is C18H33IN4O3S. The highest BCUT2D eigenvalue weighted by Gasteiger charge is 2.25. The van der Waals surface area contributed by atoms with Crippen molar-refractivity contribution in [3.05, 3.63) is 15.6 Å². The normalized spacial score (nSPS) is 14.1. The van der Waals surface area contributed by atoms with Crippen LogP contribution in [-0.2, 0) is 9.47 Å². The van der Waals surface area contributed by atoms with Crippen LogP contribution >= 0.6 is 35.3 Å². The zero-order valence-corrected chi connectivity index (χ0v) is 20.7. The number of aryl methyl sites for hydroxylation is 1. The van der Waals surface area contributed by atoms with Crippen LogP contribution in [0.5, 0.6) is 0 Å². The Labute approximate surface area is 183 Å². The Hall–Kier alpha value is -0.940. The fourth-order valence-corrected chi connectivity index (χ4v) is 3.35. The molecule has 1 aromatic heterocycles. The van der Waals surface area contributed by atoms with E-state index in [9.17, 15) is 4.79 Å². The molecule has 0 aromatic carbocycles. The molecule has 9 heteroatoms. The first-order valence-corrected chi connectivity index (χ1v) is 9.60. The quantitative estimate of drug-likeness (QED) is 0.252. The van der Waals surface area contributed by atoms with E-state index < -0.39 is 0 Å². The van der Waals surface area contributed by atoms with Gasteiger partial charge in [0.05, 0.1) is 24.4 Å². The number of nitrogens with one attached hydrogen (secondary N) is 2. The van der Waals surface area contributed by atoms with Crippen molar-refractivity contribution in [1.82, 2.24) is 15.6 Å². The van der Waals surface area contributed by atoms with Gasteiger partial charge < -0.3 is 20.1 Å². The second-order valence-corrected chi connectivity index (χ2v) is 8.13. The Bertz CT molecular complexity index is 629. The first-order chi connectivity index (χ1) is 12.1. The number of ether oxygens (including phenoxy) is 2. The number of hydrogen-bond acceptors (Lipinski definition) is 6. The van der Waals surface area contributed by atoms with Crippen LogP contribution in [0.25, 0.3) is 0 Å². The van der Waals surface area contributed by atoms with E-state index in [0.717, 1.165) is 5.01 Å². The van der Waals surface area contributed by atoms with Gasteiger partial charge in [0.15, 0.2) is 5.96 Å². The van der Waals surface area contributed by atoms with Crippen LogP contribution in [0.3, 0.4) is 0 Å². The summed E-state index contributed by atoms with van der Waals surface area (Å²) in [5.74, 6) is 0.339. The number of thiazole rings is 1. The summed E-state index contributed by atoms with van der Waals surface area (Å²) < 4.78 is 10.6.